The van der Waals surface area contributed by atoms with E-state index in [-0.39, 0.29) is 0 Å². The second kappa shape index (κ2) is 6.02. The molecule has 0 bridgehead atoms. The van der Waals surface area contributed by atoms with Crippen LogP contribution >= 0.6 is 23.1 Å². The molecule has 18 heavy (non-hydrogen) atoms. The minimum atomic E-state index is -0.889. The molecule has 2 aromatic rings. The highest BCUT2D eigenvalue weighted by Crippen LogP contribution is 2.24. The van der Waals surface area contributed by atoms with Crippen molar-refractivity contribution in [1.29, 1.82) is 0 Å². The molecule has 0 aliphatic rings. The van der Waals surface area contributed by atoms with E-state index in [4.69, 9.17) is 5.11 Å². The first-order valence-corrected chi connectivity index (χ1v) is 7.45. The number of carboxylic acid groups (broad SMARTS) is 1. The average molecular weight is 279 g/mol. The van der Waals surface area contributed by atoms with Gasteiger partial charge in [0.2, 0.25) is 0 Å². The monoisotopic (exact) mass is 279 g/mol. The Morgan fingerprint density at radius 3 is 3.00 bits per heavy atom. The number of carboxylic acids is 1. The summed E-state index contributed by atoms with van der Waals surface area (Å²) in [7, 11) is 0. The summed E-state index contributed by atoms with van der Waals surface area (Å²) in [5.74, 6) is -0.112. The number of nitrogens with zero attached hydrogens (tertiary/aromatic N) is 1. The molecule has 0 amide bonds. The van der Waals surface area contributed by atoms with Crippen LogP contribution in [0.2, 0.25) is 0 Å². The van der Waals surface area contributed by atoms with Gasteiger partial charge in [0.15, 0.2) is 0 Å². The molecule has 0 radical (unpaired) electrons. The number of rotatable bonds is 5. The number of aryl methyl sites for hydroxylation is 1. The Morgan fingerprint density at radius 2 is 2.33 bits per heavy atom. The van der Waals surface area contributed by atoms with Crippen LogP contribution in [0.15, 0.2) is 34.5 Å². The van der Waals surface area contributed by atoms with Crippen molar-refractivity contribution in [2.45, 2.75) is 24.0 Å². The molecule has 3 nitrogen and oxygen atoms in total. The SMILES string of the molecule is CCc1nc(CSc2cccc(C(=O)O)c2)cs1. The first-order valence-electron chi connectivity index (χ1n) is 5.58. The van der Waals surface area contributed by atoms with Crippen molar-refractivity contribution in [1.82, 2.24) is 4.98 Å². The zero-order valence-corrected chi connectivity index (χ0v) is 11.6. The van der Waals surface area contributed by atoms with E-state index in [2.05, 4.69) is 17.3 Å². The molecule has 2 rings (SSSR count). The van der Waals surface area contributed by atoms with Crippen LogP contribution in [0.3, 0.4) is 0 Å². The molecule has 0 saturated heterocycles. The van der Waals surface area contributed by atoms with E-state index in [1.54, 1.807) is 41.3 Å². The van der Waals surface area contributed by atoms with Crippen molar-refractivity contribution in [3.63, 3.8) is 0 Å². The summed E-state index contributed by atoms with van der Waals surface area (Å²) >= 11 is 3.28. The number of thioether (sulfide) groups is 1. The number of benzene rings is 1. The van der Waals surface area contributed by atoms with E-state index in [1.807, 2.05) is 6.07 Å². The molecule has 5 heteroatoms. The number of aromatic carboxylic acids is 1. The molecule has 0 aliphatic carbocycles. The summed E-state index contributed by atoms with van der Waals surface area (Å²) in [6.45, 7) is 2.09. The normalized spacial score (nSPS) is 10.5. The molecule has 0 aliphatic heterocycles. The lowest BCUT2D eigenvalue weighted by molar-refractivity contribution is 0.0696. The number of thiazole rings is 1. The molecule has 0 fully saturated rings. The number of aromatic nitrogens is 1. The lowest BCUT2D eigenvalue weighted by Gasteiger charge is -2.01. The van der Waals surface area contributed by atoms with Gasteiger partial charge in [0.05, 0.1) is 16.3 Å². The molecule has 0 saturated carbocycles. The Labute approximate surface area is 114 Å². The molecule has 1 aromatic heterocycles. The minimum Gasteiger partial charge on any atom is -0.478 e. The fraction of sp³-hybridized carbons (Fsp3) is 0.231. The van der Waals surface area contributed by atoms with Gasteiger partial charge in [0.25, 0.3) is 0 Å². The maximum absolute atomic E-state index is 10.8. The third kappa shape index (κ3) is 3.34. The maximum atomic E-state index is 10.8. The van der Waals surface area contributed by atoms with Gasteiger partial charge in [-0.2, -0.15) is 0 Å². The van der Waals surface area contributed by atoms with E-state index in [1.165, 1.54) is 0 Å². The van der Waals surface area contributed by atoms with Crippen LogP contribution in [0.5, 0.6) is 0 Å². The molecular formula is C13H13NO2S2. The first-order chi connectivity index (χ1) is 8.69. The zero-order valence-electron chi connectivity index (χ0n) is 9.92. The summed E-state index contributed by atoms with van der Waals surface area (Å²) in [6.07, 6.45) is 0.962. The Balaban J connectivity index is 2.01. The maximum Gasteiger partial charge on any atom is 0.335 e. The molecule has 0 spiro atoms. The molecule has 0 unspecified atom stereocenters. The summed E-state index contributed by atoms with van der Waals surface area (Å²) in [4.78, 5) is 16.3. The van der Waals surface area contributed by atoms with Gasteiger partial charge in [0.1, 0.15) is 0 Å². The van der Waals surface area contributed by atoms with E-state index in [0.29, 0.717) is 5.56 Å². The Kier molecular flexibility index (Phi) is 4.38. The van der Waals surface area contributed by atoms with Crippen molar-refractivity contribution >= 4 is 29.1 Å². The van der Waals surface area contributed by atoms with Crippen LogP contribution in [0.25, 0.3) is 0 Å². The van der Waals surface area contributed by atoms with Gasteiger partial charge in [-0.1, -0.05) is 13.0 Å². The topological polar surface area (TPSA) is 50.2 Å². The number of hydrogen-bond acceptors (Lipinski definition) is 4. The molecule has 1 N–H and O–H groups in total. The van der Waals surface area contributed by atoms with E-state index >= 15 is 0 Å². The number of carbonyl (C=O) groups is 1. The van der Waals surface area contributed by atoms with Crippen LogP contribution in [0.4, 0.5) is 0 Å². The van der Waals surface area contributed by atoms with Crippen molar-refractivity contribution in [3.05, 3.63) is 45.9 Å². The molecular weight excluding hydrogens is 266 g/mol. The second-order valence-corrected chi connectivity index (χ2v) is 5.70. The summed E-state index contributed by atoms with van der Waals surface area (Å²) in [6, 6.07) is 6.99. The standard InChI is InChI=1S/C13H13NO2S2/c1-2-12-14-10(8-18-12)7-17-11-5-3-4-9(6-11)13(15)16/h3-6,8H,2,7H2,1H3,(H,15,16). The molecule has 1 heterocycles. The second-order valence-electron chi connectivity index (χ2n) is 3.71. The highest BCUT2D eigenvalue weighted by Gasteiger charge is 2.05. The predicted molar refractivity (Wildman–Crippen MR) is 74.5 cm³/mol. The smallest absolute Gasteiger partial charge is 0.335 e. The number of hydrogen-bond donors (Lipinski definition) is 1. The largest absolute Gasteiger partial charge is 0.478 e. The molecule has 0 atom stereocenters. The zero-order chi connectivity index (χ0) is 13.0. The van der Waals surface area contributed by atoms with Crippen LogP contribution in [0.1, 0.15) is 28.0 Å². The van der Waals surface area contributed by atoms with Crippen molar-refractivity contribution in [3.8, 4) is 0 Å². The Bertz CT molecular complexity index is 551. The van der Waals surface area contributed by atoms with Gasteiger partial charge in [-0.3, -0.25) is 0 Å². The molecule has 94 valence electrons. The Hall–Kier alpha value is -1.33. The quantitative estimate of drug-likeness (QED) is 0.848. The van der Waals surface area contributed by atoms with Crippen molar-refractivity contribution in [2.75, 3.05) is 0 Å². The lowest BCUT2D eigenvalue weighted by atomic mass is 10.2. The summed E-state index contributed by atoms with van der Waals surface area (Å²) in [5, 5.41) is 12.1. The van der Waals surface area contributed by atoms with E-state index in [9.17, 15) is 4.79 Å². The van der Waals surface area contributed by atoms with Gasteiger partial charge in [-0.15, -0.1) is 23.1 Å². The Morgan fingerprint density at radius 1 is 1.50 bits per heavy atom. The van der Waals surface area contributed by atoms with Gasteiger partial charge in [0, 0.05) is 16.0 Å². The van der Waals surface area contributed by atoms with Crippen molar-refractivity contribution < 1.29 is 9.90 Å². The van der Waals surface area contributed by atoms with Crippen LogP contribution < -0.4 is 0 Å². The van der Waals surface area contributed by atoms with Crippen LogP contribution in [-0.2, 0) is 12.2 Å². The highest BCUT2D eigenvalue weighted by molar-refractivity contribution is 7.98. The summed E-state index contributed by atoms with van der Waals surface area (Å²) < 4.78 is 0. The van der Waals surface area contributed by atoms with Gasteiger partial charge in [-0.25, -0.2) is 9.78 Å². The fourth-order valence-corrected chi connectivity index (χ4v) is 3.15. The van der Waals surface area contributed by atoms with E-state index in [0.717, 1.165) is 27.8 Å². The van der Waals surface area contributed by atoms with Gasteiger partial charge < -0.3 is 5.11 Å². The first kappa shape index (κ1) is 13.1. The van der Waals surface area contributed by atoms with Crippen LogP contribution in [0, 0.1) is 0 Å². The van der Waals surface area contributed by atoms with Crippen LogP contribution in [-0.4, -0.2) is 16.1 Å². The predicted octanol–water partition coefficient (Wildman–Crippen LogP) is 3.70. The average Bonchev–Trinajstić information content (AvgIpc) is 2.84. The lowest BCUT2D eigenvalue weighted by Crippen LogP contribution is -1.95. The highest BCUT2D eigenvalue weighted by atomic mass is 32.2. The third-order valence-corrected chi connectivity index (χ3v) is 4.44. The minimum absolute atomic E-state index is 0.326. The summed E-state index contributed by atoms with van der Waals surface area (Å²) in [5.41, 5.74) is 1.38. The van der Waals surface area contributed by atoms with Gasteiger partial charge in [-0.05, 0) is 24.6 Å². The third-order valence-electron chi connectivity index (χ3n) is 2.37. The molecule has 1 aromatic carbocycles. The van der Waals surface area contributed by atoms with Gasteiger partial charge >= 0.3 is 5.97 Å². The fourth-order valence-electron chi connectivity index (χ4n) is 1.45. The van der Waals surface area contributed by atoms with Crippen molar-refractivity contribution in [2.24, 2.45) is 0 Å². The van der Waals surface area contributed by atoms with E-state index < -0.39 is 5.97 Å².